The number of carbonyl (C=O) groups is 1. The summed E-state index contributed by atoms with van der Waals surface area (Å²) in [5.41, 5.74) is 6.66. The lowest BCUT2D eigenvalue weighted by molar-refractivity contribution is -0.132. The molecule has 1 aliphatic rings. The highest BCUT2D eigenvalue weighted by Crippen LogP contribution is 2.17. The van der Waals surface area contributed by atoms with Gasteiger partial charge in [0, 0.05) is 32.6 Å². The van der Waals surface area contributed by atoms with E-state index in [1.807, 2.05) is 17.0 Å². The molecule has 2 heterocycles. The van der Waals surface area contributed by atoms with E-state index in [1.54, 1.807) is 6.20 Å². The average Bonchev–Trinajstić information content (AvgIpc) is 2.39. The zero-order chi connectivity index (χ0) is 13.8. The predicted octanol–water partition coefficient (Wildman–Crippen LogP) is 1.36. The standard InChI is InChI=1S/C14H22N4O/c1-11(2)9-14(19)18-7-5-17(6-8-18)12-3-4-13(15)16-10-12/h3-4,10-11H,5-9H2,1-2H3,(H2,15,16). The Balaban J connectivity index is 1.88. The third-order valence-corrected chi connectivity index (χ3v) is 3.35. The van der Waals surface area contributed by atoms with E-state index in [1.165, 1.54) is 0 Å². The van der Waals surface area contributed by atoms with E-state index in [0.717, 1.165) is 31.9 Å². The molecular weight excluding hydrogens is 240 g/mol. The molecule has 0 radical (unpaired) electrons. The van der Waals surface area contributed by atoms with Crippen LogP contribution in [0.25, 0.3) is 0 Å². The van der Waals surface area contributed by atoms with E-state index in [4.69, 9.17) is 5.73 Å². The summed E-state index contributed by atoms with van der Waals surface area (Å²) in [6, 6.07) is 3.79. The lowest BCUT2D eigenvalue weighted by Crippen LogP contribution is -2.49. The van der Waals surface area contributed by atoms with E-state index < -0.39 is 0 Å². The number of hydrogen-bond donors (Lipinski definition) is 1. The summed E-state index contributed by atoms with van der Waals surface area (Å²) < 4.78 is 0. The van der Waals surface area contributed by atoms with E-state index in [-0.39, 0.29) is 5.91 Å². The van der Waals surface area contributed by atoms with Gasteiger partial charge in [-0.25, -0.2) is 4.98 Å². The van der Waals surface area contributed by atoms with Gasteiger partial charge in [-0.15, -0.1) is 0 Å². The summed E-state index contributed by atoms with van der Waals surface area (Å²) in [7, 11) is 0. The summed E-state index contributed by atoms with van der Waals surface area (Å²) >= 11 is 0. The fraction of sp³-hybridized carbons (Fsp3) is 0.571. The fourth-order valence-electron chi connectivity index (χ4n) is 2.28. The highest BCUT2D eigenvalue weighted by Gasteiger charge is 2.21. The monoisotopic (exact) mass is 262 g/mol. The molecule has 5 nitrogen and oxygen atoms in total. The second-order valence-corrected chi connectivity index (χ2v) is 5.41. The Hall–Kier alpha value is -1.78. The Bertz CT molecular complexity index is 422. The van der Waals surface area contributed by atoms with Gasteiger partial charge >= 0.3 is 0 Å². The van der Waals surface area contributed by atoms with Crippen molar-refractivity contribution < 1.29 is 4.79 Å². The first-order valence-electron chi connectivity index (χ1n) is 6.80. The van der Waals surface area contributed by atoms with Gasteiger partial charge in [-0.1, -0.05) is 13.8 Å². The second kappa shape index (κ2) is 5.91. The minimum Gasteiger partial charge on any atom is -0.384 e. The summed E-state index contributed by atoms with van der Waals surface area (Å²) in [4.78, 5) is 20.3. The Kier molecular flexibility index (Phi) is 4.24. The first-order chi connectivity index (χ1) is 9.06. The smallest absolute Gasteiger partial charge is 0.222 e. The fourth-order valence-corrected chi connectivity index (χ4v) is 2.28. The molecule has 0 aliphatic carbocycles. The molecule has 1 saturated heterocycles. The molecule has 104 valence electrons. The van der Waals surface area contributed by atoms with Gasteiger partial charge < -0.3 is 15.5 Å². The van der Waals surface area contributed by atoms with Crippen LogP contribution in [0.4, 0.5) is 11.5 Å². The number of aromatic nitrogens is 1. The lowest BCUT2D eigenvalue weighted by atomic mass is 10.1. The molecule has 1 fully saturated rings. The minimum absolute atomic E-state index is 0.269. The van der Waals surface area contributed by atoms with E-state index in [0.29, 0.717) is 18.2 Å². The van der Waals surface area contributed by atoms with Gasteiger partial charge in [-0.2, -0.15) is 0 Å². The first-order valence-corrected chi connectivity index (χ1v) is 6.80. The van der Waals surface area contributed by atoms with Crippen LogP contribution in [0, 0.1) is 5.92 Å². The van der Waals surface area contributed by atoms with Crippen LogP contribution in [0.3, 0.4) is 0 Å². The molecule has 1 aromatic heterocycles. The van der Waals surface area contributed by atoms with Gasteiger partial charge in [-0.05, 0) is 18.1 Å². The largest absolute Gasteiger partial charge is 0.384 e. The predicted molar refractivity (Wildman–Crippen MR) is 76.9 cm³/mol. The molecule has 0 bridgehead atoms. The molecule has 1 aliphatic heterocycles. The van der Waals surface area contributed by atoms with Crippen LogP contribution in [0.1, 0.15) is 20.3 Å². The van der Waals surface area contributed by atoms with Crippen molar-refractivity contribution >= 4 is 17.4 Å². The summed E-state index contributed by atoms with van der Waals surface area (Å²) in [6.07, 6.45) is 2.43. The maximum absolute atomic E-state index is 12.0. The number of nitrogen functional groups attached to an aromatic ring is 1. The van der Waals surface area contributed by atoms with Gasteiger partial charge in [0.2, 0.25) is 5.91 Å². The average molecular weight is 262 g/mol. The maximum atomic E-state index is 12.0. The molecule has 0 aromatic carbocycles. The highest BCUT2D eigenvalue weighted by molar-refractivity contribution is 5.76. The summed E-state index contributed by atoms with van der Waals surface area (Å²) in [5, 5.41) is 0. The quantitative estimate of drug-likeness (QED) is 0.893. The van der Waals surface area contributed by atoms with Crippen molar-refractivity contribution in [1.29, 1.82) is 0 Å². The number of anilines is 2. The van der Waals surface area contributed by atoms with Crippen LogP contribution in [-0.4, -0.2) is 42.0 Å². The second-order valence-electron chi connectivity index (χ2n) is 5.41. The maximum Gasteiger partial charge on any atom is 0.222 e. The third-order valence-electron chi connectivity index (χ3n) is 3.35. The lowest BCUT2D eigenvalue weighted by Gasteiger charge is -2.36. The molecule has 2 rings (SSSR count). The molecule has 2 N–H and O–H groups in total. The van der Waals surface area contributed by atoms with Crippen molar-refractivity contribution in [2.45, 2.75) is 20.3 Å². The van der Waals surface area contributed by atoms with Crippen molar-refractivity contribution in [3.05, 3.63) is 18.3 Å². The number of piperazine rings is 1. The van der Waals surface area contributed by atoms with Gasteiger partial charge in [0.05, 0.1) is 11.9 Å². The van der Waals surface area contributed by atoms with Crippen LogP contribution in [0.5, 0.6) is 0 Å². The SMILES string of the molecule is CC(C)CC(=O)N1CCN(c2ccc(N)nc2)CC1. The van der Waals surface area contributed by atoms with Crippen molar-refractivity contribution in [2.24, 2.45) is 5.92 Å². The number of amides is 1. The van der Waals surface area contributed by atoms with Crippen LogP contribution in [0.15, 0.2) is 18.3 Å². The molecule has 1 amide bonds. The van der Waals surface area contributed by atoms with Crippen molar-refractivity contribution in [1.82, 2.24) is 9.88 Å². The Morgan fingerprint density at radius 2 is 2.00 bits per heavy atom. The van der Waals surface area contributed by atoms with E-state index >= 15 is 0 Å². The van der Waals surface area contributed by atoms with Crippen LogP contribution >= 0.6 is 0 Å². The highest BCUT2D eigenvalue weighted by atomic mass is 16.2. The molecule has 1 aromatic rings. The van der Waals surface area contributed by atoms with Gasteiger partial charge in [0.1, 0.15) is 5.82 Å². The van der Waals surface area contributed by atoms with Gasteiger partial charge in [0.15, 0.2) is 0 Å². The third kappa shape index (κ3) is 3.59. The zero-order valence-electron chi connectivity index (χ0n) is 11.7. The number of nitrogens with zero attached hydrogens (tertiary/aromatic N) is 3. The molecule has 0 atom stereocenters. The number of nitrogens with two attached hydrogens (primary N) is 1. The molecule has 19 heavy (non-hydrogen) atoms. The van der Waals surface area contributed by atoms with Crippen LogP contribution < -0.4 is 10.6 Å². The van der Waals surface area contributed by atoms with Gasteiger partial charge in [0.25, 0.3) is 0 Å². The Morgan fingerprint density at radius 1 is 1.32 bits per heavy atom. The van der Waals surface area contributed by atoms with E-state index in [9.17, 15) is 4.79 Å². The topological polar surface area (TPSA) is 62.5 Å². The summed E-state index contributed by atoms with van der Waals surface area (Å²) in [5.74, 6) is 1.23. The molecule has 0 unspecified atom stereocenters. The van der Waals surface area contributed by atoms with Crippen molar-refractivity contribution in [2.75, 3.05) is 36.8 Å². The normalized spacial score (nSPS) is 15.9. The number of carbonyl (C=O) groups excluding carboxylic acids is 1. The minimum atomic E-state index is 0.269. The zero-order valence-corrected chi connectivity index (χ0v) is 11.7. The molecule has 0 spiro atoms. The van der Waals surface area contributed by atoms with Gasteiger partial charge in [-0.3, -0.25) is 4.79 Å². The van der Waals surface area contributed by atoms with E-state index in [2.05, 4.69) is 23.7 Å². The van der Waals surface area contributed by atoms with Crippen molar-refractivity contribution in [3.8, 4) is 0 Å². The first kappa shape index (κ1) is 13.6. The molecule has 5 heteroatoms. The number of pyridine rings is 1. The van der Waals surface area contributed by atoms with Crippen LogP contribution in [0.2, 0.25) is 0 Å². The number of rotatable bonds is 3. The molecule has 0 saturated carbocycles. The number of hydrogen-bond acceptors (Lipinski definition) is 4. The molecular formula is C14H22N4O. The van der Waals surface area contributed by atoms with Crippen LogP contribution in [-0.2, 0) is 4.79 Å². The van der Waals surface area contributed by atoms with Crippen molar-refractivity contribution in [3.63, 3.8) is 0 Å². The summed E-state index contributed by atoms with van der Waals surface area (Å²) in [6.45, 7) is 7.44. The Labute approximate surface area is 114 Å². The Morgan fingerprint density at radius 3 is 2.53 bits per heavy atom.